The number of carbonyl (C=O) groups excluding carboxylic acids is 3. The average molecular weight is 339 g/mol. The Labute approximate surface area is 145 Å². The maximum absolute atomic E-state index is 12.7. The molecule has 1 fully saturated rings. The molecule has 4 amide bonds. The Hall–Kier alpha value is -3.39. The van der Waals surface area contributed by atoms with Crippen LogP contribution >= 0.6 is 0 Å². The van der Waals surface area contributed by atoms with E-state index in [0.29, 0.717) is 11.1 Å². The number of benzene rings is 1. The molecule has 1 N–H and O–H groups in total. The molecule has 1 saturated heterocycles. The van der Waals surface area contributed by atoms with Gasteiger partial charge in [0, 0.05) is 13.6 Å². The lowest BCUT2D eigenvalue weighted by Gasteiger charge is -2.23. The van der Waals surface area contributed by atoms with Crippen molar-refractivity contribution in [1.29, 1.82) is 10.5 Å². The highest BCUT2D eigenvalue weighted by Crippen LogP contribution is 2.29. The first kappa shape index (κ1) is 18.0. The molecule has 1 atom stereocenters. The fourth-order valence-corrected chi connectivity index (χ4v) is 2.53. The highest BCUT2D eigenvalue weighted by molar-refractivity contribution is 6.09. The molecule has 2 rings (SSSR count). The van der Waals surface area contributed by atoms with E-state index in [1.54, 1.807) is 18.2 Å². The van der Waals surface area contributed by atoms with Crippen LogP contribution in [0.3, 0.4) is 0 Å². The maximum atomic E-state index is 12.7. The van der Waals surface area contributed by atoms with Crippen LogP contribution in [0, 0.1) is 22.7 Å². The van der Waals surface area contributed by atoms with Gasteiger partial charge in [0.05, 0.1) is 24.1 Å². The predicted octanol–water partition coefficient (Wildman–Crippen LogP) is 0.697. The van der Waals surface area contributed by atoms with Crippen LogP contribution < -0.4 is 5.32 Å². The first-order valence-electron chi connectivity index (χ1n) is 7.59. The monoisotopic (exact) mass is 339 g/mol. The molecule has 8 nitrogen and oxygen atoms in total. The molecule has 8 heteroatoms. The predicted molar refractivity (Wildman–Crippen MR) is 86.6 cm³/mol. The molecule has 1 aromatic rings. The molecule has 0 aromatic heterocycles. The number of urea groups is 1. The number of imide groups is 1. The number of nitrogens with zero attached hydrogens (tertiary/aromatic N) is 4. The van der Waals surface area contributed by atoms with Crippen molar-refractivity contribution in [1.82, 2.24) is 15.1 Å². The normalized spacial score (nSPS) is 19.1. The number of rotatable bonds is 5. The third-order valence-corrected chi connectivity index (χ3v) is 4.12. The lowest BCUT2D eigenvalue weighted by atomic mass is 9.91. The lowest BCUT2D eigenvalue weighted by Crippen LogP contribution is -2.43. The molecule has 0 spiro atoms. The zero-order valence-electron chi connectivity index (χ0n) is 13.9. The standard InChI is InChI=1S/C17H17N5O3/c1-17(13-6-3-5-12(9-13)10-19)15(24)22(16(25)20-17)11-14(23)21(2)8-4-7-18/h3,5-6,9H,4,8,11H2,1-2H3,(H,20,25)/t17-/m0/s1. The van der Waals surface area contributed by atoms with Gasteiger partial charge in [-0.3, -0.25) is 14.5 Å². The third-order valence-electron chi connectivity index (χ3n) is 4.12. The van der Waals surface area contributed by atoms with E-state index in [1.165, 1.54) is 24.9 Å². The second-order valence-corrected chi connectivity index (χ2v) is 5.86. The largest absolute Gasteiger partial charge is 0.343 e. The van der Waals surface area contributed by atoms with Crippen LogP contribution in [-0.2, 0) is 15.1 Å². The van der Waals surface area contributed by atoms with Crippen LogP contribution in [-0.4, -0.2) is 47.8 Å². The van der Waals surface area contributed by atoms with Gasteiger partial charge in [-0.15, -0.1) is 0 Å². The van der Waals surface area contributed by atoms with Gasteiger partial charge in [-0.25, -0.2) is 4.79 Å². The van der Waals surface area contributed by atoms with E-state index < -0.39 is 29.9 Å². The molecule has 128 valence electrons. The van der Waals surface area contributed by atoms with E-state index >= 15 is 0 Å². The van der Waals surface area contributed by atoms with Crippen LogP contribution in [0.4, 0.5) is 4.79 Å². The summed E-state index contributed by atoms with van der Waals surface area (Å²) in [4.78, 5) is 39.2. The van der Waals surface area contributed by atoms with Gasteiger partial charge < -0.3 is 10.2 Å². The Morgan fingerprint density at radius 3 is 2.72 bits per heavy atom. The molecule has 25 heavy (non-hydrogen) atoms. The minimum atomic E-state index is -1.34. The fraction of sp³-hybridized carbons (Fsp3) is 0.353. The quantitative estimate of drug-likeness (QED) is 0.792. The van der Waals surface area contributed by atoms with Crippen molar-refractivity contribution in [2.45, 2.75) is 18.9 Å². The highest BCUT2D eigenvalue weighted by Gasteiger charge is 2.49. The Morgan fingerprint density at radius 1 is 1.36 bits per heavy atom. The van der Waals surface area contributed by atoms with Gasteiger partial charge in [0.25, 0.3) is 5.91 Å². The third kappa shape index (κ3) is 3.43. The Balaban J connectivity index is 2.20. The second-order valence-electron chi connectivity index (χ2n) is 5.86. The molecule has 0 saturated carbocycles. The van der Waals surface area contributed by atoms with E-state index in [-0.39, 0.29) is 13.0 Å². The summed E-state index contributed by atoms with van der Waals surface area (Å²) in [6.45, 7) is 1.36. The molecule has 1 aliphatic heterocycles. The van der Waals surface area contributed by atoms with E-state index in [9.17, 15) is 14.4 Å². The number of nitrogens with one attached hydrogen (secondary N) is 1. The minimum Gasteiger partial charge on any atom is -0.343 e. The molecular weight excluding hydrogens is 322 g/mol. The van der Waals surface area contributed by atoms with Crippen molar-refractivity contribution in [2.75, 3.05) is 20.1 Å². The summed E-state index contributed by atoms with van der Waals surface area (Å²) in [6, 6.07) is 9.64. The van der Waals surface area contributed by atoms with Crippen molar-refractivity contribution in [2.24, 2.45) is 0 Å². The van der Waals surface area contributed by atoms with Crippen LogP contribution in [0.15, 0.2) is 24.3 Å². The van der Waals surface area contributed by atoms with Crippen molar-refractivity contribution in [3.63, 3.8) is 0 Å². The summed E-state index contributed by atoms with van der Waals surface area (Å²) in [5.41, 5.74) is -0.501. The first-order valence-corrected chi connectivity index (χ1v) is 7.59. The van der Waals surface area contributed by atoms with Gasteiger partial charge in [0.2, 0.25) is 5.91 Å². The van der Waals surface area contributed by atoms with Gasteiger partial charge in [-0.05, 0) is 24.6 Å². The van der Waals surface area contributed by atoms with Crippen molar-refractivity contribution in [3.05, 3.63) is 35.4 Å². The summed E-state index contributed by atoms with van der Waals surface area (Å²) in [5, 5.41) is 20.2. The summed E-state index contributed by atoms with van der Waals surface area (Å²) >= 11 is 0. The zero-order chi connectivity index (χ0) is 18.6. The molecule has 0 aliphatic carbocycles. The SMILES string of the molecule is CN(CCC#N)C(=O)CN1C(=O)N[C@@](C)(c2cccc(C#N)c2)C1=O. The highest BCUT2D eigenvalue weighted by atomic mass is 16.2. The summed E-state index contributed by atoms with van der Waals surface area (Å²) < 4.78 is 0. The number of nitriles is 2. The number of hydrogen-bond acceptors (Lipinski definition) is 5. The first-order chi connectivity index (χ1) is 11.8. The lowest BCUT2D eigenvalue weighted by molar-refractivity contribution is -0.138. The Bertz CT molecular complexity index is 807. The molecule has 1 heterocycles. The average Bonchev–Trinajstić information content (AvgIpc) is 2.83. The number of carbonyl (C=O) groups is 3. The maximum Gasteiger partial charge on any atom is 0.325 e. The van der Waals surface area contributed by atoms with E-state index in [0.717, 1.165) is 4.90 Å². The van der Waals surface area contributed by atoms with E-state index in [4.69, 9.17) is 10.5 Å². The van der Waals surface area contributed by atoms with Gasteiger partial charge in [0.1, 0.15) is 12.1 Å². The van der Waals surface area contributed by atoms with Gasteiger partial charge in [-0.2, -0.15) is 10.5 Å². The van der Waals surface area contributed by atoms with Crippen LogP contribution in [0.2, 0.25) is 0 Å². The number of likely N-dealkylation sites (N-methyl/N-ethyl adjacent to an activating group) is 1. The number of amides is 4. The molecule has 1 aliphatic rings. The van der Waals surface area contributed by atoms with Gasteiger partial charge in [0.15, 0.2) is 0 Å². The van der Waals surface area contributed by atoms with E-state index in [2.05, 4.69) is 5.32 Å². The van der Waals surface area contributed by atoms with Crippen LogP contribution in [0.5, 0.6) is 0 Å². The van der Waals surface area contributed by atoms with Gasteiger partial charge in [-0.1, -0.05) is 12.1 Å². The minimum absolute atomic E-state index is 0.168. The summed E-state index contributed by atoms with van der Waals surface area (Å²) in [5.74, 6) is -0.997. The summed E-state index contributed by atoms with van der Waals surface area (Å²) in [7, 11) is 1.51. The van der Waals surface area contributed by atoms with Gasteiger partial charge >= 0.3 is 6.03 Å². The molecular formula is C17H17N5O3. The molecule has 1 aromatic carbocycles. The van der Waals surface area contributed by atoms with E-state index in [1.807, 2.05) is 12.1 Å². The molecule has 0 radical (unpaired) electrons. The zero-order valence-corrected chi connectivity index (χ0v) is 13.9. The van der Waals surface area contributed by atoms with Crippen LogP contribution in [0.25, 0.3) is 0 Å². The van der Waals surface area contributed by atoms with Crippen molar-refractivity contribution >= 4 is 17.8 Å². The smallest absolute Gasteiger partial charge is 0.325 e. The number of hydrogen-bond donors (Lipinski definition) is 1. The summed E-state index contributed by atoms with van der Waals surface area (Å²) in [6.07, 6.45) is 0.168. The van der Waals surface area contributed by atoms with Crippen molar-refractivity contribution < 1.29 is 14.4 Å². The molecule has 0 unspecified atom stereocenters. The second kappa shape index (κ2) is 7.02. The topological polar surface area (TPSA) is 117 Å². The Morgan fingerprint density at radius 2 is 2.08 bits per heavy atom. The fourth-order valence-electron chi connectivity index (χ4n) is 2.53. The van der Waals surface area contributed by atoms with Crippen molar-refractivity contribution in [3.8, 4) is 12.1 Å². The van der Waals surface area contributed by atoms with Crippen LogP contribution in [0.1, 0.15) is 24.5 Å². The molecule has 0 bridgehead atoms. The Kier molecular flexibility index (Phi) is 5.04.